The minimum atomic E-state index is 0.664. The zero-order valence-corrected chi connectivity index (χ0v) is 17.4. The summed E-state index contributed by atoms with van der Waals surface area (Å²) in [6.07, 6.45) is 6.67. The van der Waals surface area contributed by atoms with Gasteiger partial charge in [-0.15, -0.1) is 0 Å². The van der Waals surface area contributed by atoms with E-state index in [1.54, 1.807) is 6.20 Å². The normalized spacial score (nSPS) is 16.5. The van der Waals surface area contributed by atoms with Gasteiger partial charge in [-0.05, 0) is 41.8 Å². The van der Waals surface area contributed by atoms with E-state index in [0.29, 0.717) is 5.25 Å². The average Bonchev–Trinajstić information content (AvgIpc) is 3.31. The zero-order valence-electron chi connectivity index (χ0n) is 16.6. The van der Waals surface area contributed by atoms with Gasteiger partial charge in [-0.25, -0.2) is 0 Å². The first-order chi connectivity index (χ1) is 14.9. The van der Waals surface area contributed by atoms with E-state index in [1.807, 2.05) is 36.7 Å². The fraction of sp³-hybridized carbons (Fsp3) is 0.208. The first kappa shape index (κ1) is 19.0. The molecule has 5 nitrogen and oxygen atoms in total. The first-order valence-electron chi connectivity index (χ1n) is 10.2. The van der Waals surface area contributed by atoms with Gasteiger partial charge < -0.3 is 5.32 Å². The van der Waals surface area contributed by atoms with E-state index < -0.39 is 0 Å². The largest absolute Gasteiger partial charge is 0.315 e. The summed E-state index contributed by atoms with van der Waals surface area (Å²) in [5, 5.41) is 11.5. The van der Waals surface area contributed by atoms with Crippen LogP contribution in [0.2, 0.25) is 0 Å². The number of H-pyrrole nitrogens is 1. The Hall–Kier alpha value is -2.96. The minimum absolute atomic E-state index is 0.664. The van der Waals surface area contributed by atoms with Crippen molar-refractivity contribution >= 4 is 11.8 Å². The van der Waals surface area contributed by atoms with Crippen molar-refractivity contribution in [2.75, 3.05) is 18.8 Å². The number of aromatic amines is 1. The molecule has 0 radical (unpaired) electrons. The fourth-order valence-electron chi connectivity index (χ4n) is 3.79. The number of hydrogen-bond acceptors (Lipinski definition) is 5. The number of aromatic nitrogens is 4. The lowest BCUT2D eigenvalue weighted by Crippen LogP contribution is -2.33. The van der Waals surface area contributed by atoms with Crippen molar-refractivity contribution in [2.24, 2.45) is 0 Å². The molecule has 30 heavy (non-hydrogen) atoms. The molecule has 0 amide bonds. The average molecular weight is 414 g/mol. The Morgan fingerprint density at radius 2 is 1.83 bits per heavy atom. The van der Waals surface area contributed by atoms with E-state index >= 15 is 0 Å². The maximum atomic E-state index is 4.61. The summed E-state index contributed by atoms with van der Waals surface area (Å²) in [6, 6.07) is 18.8. The Balaban J connectivity index is 1.39. The maximum Gasteiger partial charge on any atom is 0.118 e. The molecule has 0 spiro atoms. The molecule has 0 bridgehead atoms. The quantitative estimate of drug-likeness (QED) is 0.506. The second kappa shape index (κ2) is 8.81. The second-order valence-electron chi connectivity index (χ2n) is 7.39. The van der Waals surface area contributed by atoms with Gasteiger partial charge in [0.05, 0.1) is 11.4 Å². The van der Waals surface area contributed by atoms with Gasteiger partial charge >= 0.3 is 0 Å². The van der Waals surface area contributed by atoms with Crippen LogP contribution in [-0.2, 0) is 6.42 Å². The summed E-state index contributed by atoms with van der Waals surface area (Å²) in [5.41, 5.74) is 7.26. The number of benzene rings is 1. The predicted octanol–water partition coefficient (Wildman–Crippen LogP) is 4.45. The van der Waals surface area contributed by atoms with Crippen LogP contribution in [0.5, 0.6) is 0 Å². The van der Waals surface area contributed by atoms with Crippen molar-refractivity contribution in [3.05, 3.63) is 78.8 Å². The number of pyridine rings is 2. The van der Waals surface area contributed by atoms with Crippen LogP contribution in [-0.4, -0.2) is 44.3 Å². The Bertz CT molecular complexity index is 1100. The number of nitrogens with zero attached hydrogens (tertiary/aromatic N) is 3. The van der Waals surface area contributed by atoms with E-state index in [9.17, 15) is 0 Å². The van der Waals surface area contributed by atoms with Crippen LogP contribution in [0.3, 0.4) is 0 Å². The summed E-state index contributed by atoms with van der Waals surface area (Å²) >= 11 is 2.07. The molecule has 0 aliphatic carbocycles. The van der Waals surface area contributed by atoms with Crippen LogP contribution >= 0.6 is 11.8 Å². The highest BCUT2D eigenvalue weighted by atomic mass is 32.2. The topological polar surface area (TPSA) is 66.5 Å². The van der Waals surface area contributed by atoms with Crippen LogP contribution in [0.1, 0.15) is 5.56 Å². The van der Waals surface area contributed by atoms with E-state index in [1.165, 1.54) is 11.3 Å². The van der Waals surface area contributed by atoms with Crippen LogP contribution in [0, 0.1) is 0 Å². The molecular weight excluding hydrogens is 390 g/mol. The molecule has 1 fully saturated rings. The van der Waals surface area contributed by atoms with Gasteiger partial charge in [-0.2, -0.15) is 16.9 Å². The molecule has 0 saturated carbocycles. The lowest BCUT2D eigenvalue weighted by Gasteiger charge is -2.22. The second-order valence-corrected chi connectivity index (χ2v) is 8.80. The highest BCUT2D eigenvalue weighted by Crippen LogP contribution is 2.31. The summed E-state index contributed by atoms with van der Waals surface area (Å²) in [6.45, 7) is 2.22. The molecule has 4 aromatic rings. The van der Waals surface area contributed by atoms with Crippen molar-refractivity contribution in [3.63, 3.8) is 0 Å². The lowest BCUT2D eigenvalue weighted by molar-refractivity contribution is 0.666. The Labute approximate surface area is 180 Å². The lowest BCUT2D eigenvalue weighted by atomic mass is 10.0. The highest BCUT2D eigenvalue weighted by molar-refractivity contribution is 8.00. The molecule has 3 aromatic heterocycles. The summed E-state index contributed by atoms with van der Waals surface area (Å²) in [4.78, 5) is 9.05. The van der Waals surface area contributed by atoms with Crippen LogP contribution in [0.4, 0.5) is 0 Å². The van der Waals surface area contributed by atoms with Crippen molar-refractivity contribution in [1.29, 1.82) is 0 Å². The number of nitrogens with one attached hydrogen (secondary N) is 2. The van der Waals surface area contributed by atoms with E-state index in [4.69, 9.17) is 0 Å². The van der Waals surface area contributed by atoms with E-state index in [-0.39, 0.29) is 0 Å². The van der Waals surface area contributed by atoms with Gasteiger partial charge in [-0.3, -0.25) is 15.1 Å². The molecule has 1 saturated heterocycles. The monoisotopic (exact) mass is 413 g/mol. The third-order valence-corrected chi connectivity index (χ3v) is 6.58. The molecule has 6 heteroatoms. The Kier molecular flexibility index (Phi) is 5.59. The fourth-order valence-corrected chi connectivity index (χ4v) is 4.93. The predicted molar refractivity (Wildman–Crippen MR) is 123 cm³/mol. The summed E-state index contributed by atoms with van der Waals surface area (Å²) < 4.78 is 0. The molecule has 1 aliphatic heterocycles. The van der Waals surface area contributed by atoms with E-state index in [0.717, 1.165) is 53.3 Å². The Morgan fingerprint density at radius 3 is 2.63 bits per heavy atom. The van der Waals surface area contributed by atoms with Gasteiger partial charge in [0.1, 0.15) is 5.69 Å². The zero-order chi connectivity index (χ0) is 20.2. The number of hydrogen-bond donors (Lipinski definition) is 2. The van der Waals surface area contributed by atoms with Crippen molar-refractivity contribution in [2.45, 2.75) is 11.7 Å². The molecule has 5 rings (SSSR count). The van der Waals surface area contributed by atoms with Gasteiger partial charge in [-0.1, -0.05) is 30.3 Å². The molecule has 1 atom stereocenters. The van der Waals surface area contributed by atoms with Gasteiger partial charge in [0.15, 0.2) is 0 Å². The summed E-state index contributed by atoms with van der Waals surface area (Å²) in [7, 11) is 0. The molecule has 1 aromatic carbocycles. The molecule has 1 unspecified atom stereocenters. The molecule has 150 valence electrons. The number of rotatable bonds is 5. The highest BCUT2D eigenvalue weighted by Gasteiger charge is 2.15. The van der Waals surface area contributed by atoms with Crippen LogP contribution in [0.15, 0.2) is 73.2 Å². The first-order valence-corrected chi connectivity index (χ1v) is 11.2. The Morgan fingerprint density at radius 1 is 0.933 bits per heavy atom. The third-order valence-electron chi connectivity index (χ3n) is 5.34. The van der Waals surface area contributed by atoms with Gasteiger partial charge in [0.25, 0.3) is 0 Å². The van der Waals surface area contributed by atoms with Crippen LogP contribution in [0.25, 0.3) is 33.8 Å². The van der Waals surface area contributed by atoms with Gasteiger partial charge in [0.2, 0.25) is 0 Å². The maximum absolute atomic E-state index is 4.61. The van der Waals surface area contributed by atoms with Gasteiger partial charge in [0, 0.05) is 53.8 Å². The SMILES string of the molecule is c1ccc(-c2n[nH]cc2-c2ccnc(-c3ccc(CC4CNCCS4)cc3)c2)nc1. The standard InChI is InChI=1S/C24H23N5S/c1-2-9-26-22(3-1)24-21(16-28-29-24)19-8-10-27-23(14-19)18-6-4-17(5-7-18)13-20-15-25-11-12-30-20/h1-10,14,16,20,25H,11-13,15H2,(H,28,29). The van der Waals surface area contributed by atoms with Crippen molar-refractivity contribution in [1.82, 2.24) is 25.5 Å². The summed E-state index contributed by atoms with van der Waals surface area (Å²) in [5.74, 6) is 1.20. The number of thioether (sulfide) groups is 1. The smallest absolute Gasteiger partial charge is 0.118 e. The van der Waals surface area contributed by atoms with Crippen molar-refractivity contribution in [3.8, 4) is 33.8 Å². The molecule has 1 aliphatic rings. The molecule has 2 N–H and O–H groups in total. The molecular formula is C24H23N5S. The van der Waals surface area contributed by atoms with E-state index in [2.05, 4.69) is 67.6 Å². The van der Waals surface area contributed by atoms with Crippen molar-refractivity contribution < 1.29 is 0 Å². The third kappa shape index (κ3) is 4.15. The molecule has 4 heterocycles. The minimum Gasteiger partial charge on any atom is -0.315 e. The van der Waals surface area contributed by atoms with Crippen LogP contribution < -0.4 is 5.32 Å².